The molecule has 1 saturated carbocycles. The van der Waals surface area contributed by atoms with Crippen molar-refractivity contribution < 1.29 is 4.79 Å². The Bertz CT molecular complexity index is 825. The maximum Gasteiger partial charge on any atom is 0.235 e. The fraction of sp³-hybridized carbons (Fsp3) is 0.435. The second-order valence-corrected chi connectivity index (χ2v) is 8.49. The summed E-state index contributed by atoms with van der Waals surface area (Å²) in [5.74, 6) is 2.13. The van der Waals surface area contributed by atoms with Gasteiger partial charge in [-0.1, -0.05) is 54.6 Å². The molecule has 1 aliphatic carbocycles. The van der Waals surface area contributed by atoms with E-state index in [4.69, 9.17) is 5.73 Å². The van der Waals surface area contributed by atoms with Gasteiger partial charge >= 0.3 is 0 Å². The highest BCUT2D eigenvalue weighted by molar-refractivity contribution is 5.80. The normalized spacial score (nSPS) is 29.9. The van der Waals surface area contributed by atoms with Gasteiger partial charge in [0.25, 0.3) is 0 Å². The molecular weight excluding hydrogens is 334 g/mol. The van der Waals surface area contributed by atoms with Crippen LogP contribution in [0.15, 0.2) is 54.6 Å². The molecule has 3 atom stereocenters. The Morgan fingerprint density at radius 1 is 0.963 bits per heavy atom. The zero-order valence-corrected chi connectivity index (χ0v) is 15.6. The van der Waals surface area contributed by atoms with Crippen molar-refractivity contribution in [1.29, 1.82) is 0 Å². The lowest BCUT2D eigenvalue weighted by molar-refractivity contribution is -0.124. The van der Waals surface area contributed by atoms with Crippen molar-refractivity contribution >= 4 is 5.91 Å². The molecule has 2 N–H and O–H groups in total. The Morgan fingerprint density at radius 3 is 2.33 bits per heavy atom. The second kappa shape index (κ2) is 6.77. The fourth-order valence-corrected chi connectivity index (χ4v) is 5.30. The molecule has 0 bridgehead atoms. The minimum atomic E-state index is -0.180. The van der Waals surface area contributed by atoms with Gasteiger partial charge in [0.15, 0.2) is 0 Å². The lowest BCUT2D eigenvalue weighted by atomic mass is 9.93. The molecule has 140 valence electrons. The average Bonchev–Trinajstić information content (AvgIpc) is 3.11. The molecule has 2 fully saturated rings. The molecule has 0 radical (unpaired) electrons. The van der Waals surface area contributed by atoms with Crippen LogP contribution in [0.25, 0.3) is 0 Å². The molecule has 2 heterocycles. The number of fused-ring (bicyclic) bond motifs is 2. The topological polar surface area (TPSA) is 49.6 Å². The van der Waals surface area contributed by atoms with Gasteiger partial charge in [-0.25, -0.2) is 0 Å². The maximum absolute atomic E-state index is 12.1. The summed E-state index contributed by atoms with van der Waals surface area (Å²) >= 11 is 0. The number of primary amides is 1. The summed E-state index contributed by atoms with van der Waals surface area (Å²) in [6.45, 7) is 5.30. The van der Waals surface area contributed by atoms with Gasteiger partial charge in [-0.05, 0) is 40.9 Å². The number of likely N-dealkylation sites (tertiary alicyclic amines) is 1. The number of nitrogens with two attached hydrogens (primary N) is 1. The van der Waals surface area contributed by atoms with Crippen molar-refractivity contribution in [3.63, 3.8) is 0 Å². The van der Waals surface area contributed by atoms with E-state index in [2.05, 4.69) is 64.4 Å². The van der Waals surface area contributed by atoms with E-state index in [0.717, 1.165) is 43.8 Å². The Kier molecular flexibility index (Phi) is 4.25. The van der Waals surface area contributed by atoms with E-state index in [1.165, 1.54) is 29.8 Å². The highest BCUT2D eigenvalue weighted by Gasteiger charge is 2.56. The van der Waals surface area contributed by atoms with Crippen LogP contribution in [-0.2, 0) is 24.3 Å². The molecule has 1 amide bonds. The zero-order chi connectivity index (χ0) is 18.4. The first kappa shape index (κ1) is 17.0. The first-order valence-electron chi connectivity index (χ1n) is 10.1. The SMILES string of the molecule is NC(=O)C1Cc2ccccc2CN1CC1C2CN(Cc3ccccc3)CC21. The van der Waals surface area contributed by atoms with Crippen molar-refractivity contribution in [2.24, 2.45) is 23.5 Å². The molecule has 3 aliphatic rings. The van der Waals surface area contributed by atoms with Crippen LogP contribution in [0.4, 0.5) is 0 Å². The van der Waals surface area contributed by atoms with Crippen LogP contribution in [0.5, 0.6) is 0 Å². The van der Waals surface area contributed by atoms with Gasteiger partial charge in [-0.2, -0.15) is 0 Å². The highest BCUT2D eigenvalue weighted by Crippen LogP contribution is 2.52. The van der Waals surface area contributed by atoms with Gasteiger partial charge in [-0.3, -0.25) is 14.6 Å². The third-order valence-electron chi connectivity index (χ3n) is 6.82. The van der Waals surface area contributed by atoms with Crippen molar-refractivity contribution in [1.82, 2.24) is 9.80 Å². The number of nitrogens with zero attached hydrogens (tertiary/aromatic N) is 2. The molecule has 1 saturated heterocycles. The Hall–Kier alpha value is -2.17. The average molecular weight is 361 g/mol. The van der Waals surface area contributed by atoms with E-state index in [1.807, 2.05) is 0 Å². The number of hydrogen-bond donors (Lipinski definition) is 1. The van der Waals surface area contributed by atoms with Crippen LogP contribution in [0.2, 0.25) is 0 Å². The standard InChI is InChI=1S/C23H27N3O/c24-23(27)22-10-17-8-4-5-9-18(17)12-26(22)15-21-19-13-25(14-20(19)21)11-16-6-2-1-3-7-16/h1-9,19-22H,10-15H2,(H2,24,27). The molecule has 27 heavy (non-hydrogen) atoms. The van der Waals surface area contributed by atoms with Crippen LogP contribution >= 0.6 is 0 Å². The summed E-state index contributed by atoms with van der Waals surface area (Å²) in [4.78, 5) is 17.0. The van der Waals surface area contributed by atoms with Crippen molar-refractivity contribution in [2.45, 2.75) is 25.6 Å². The second-order valence-electron chi connectivity index (χ2n) is 8.49. The van der Waals surface area contributed by atoms with Gasteiger partial charge in [0.05, 0.1) is 6.04 Å². The predicted octanol–water partition coefficient (Wildman–Crippen LogP) is 2.28. The van der Waals surface area contributed by atoms with Gasteiger partial charge in [0.1, 0.15) is 0 Å². The summed E-state index contributed by atoms with van der Waals surface area (Å²) in [5.41, 5.74) is 9.78. The van der Waals surface area contributed by atoms with E-state index in [0.29, 0.717) is 0 Å². The summed E-state index contributed by atoms with van der Waals surface area (Å²) < 4.78 is 0. The quantitative estimate of drug-likeness (QED) is 0.889. The first-order valence-corrected chi connectivity index (χ1v) is 10.1. The van der Waals surface area contributed by atoms with Gasteiger partial charge in [-0.15, -0.1) is 0 Å². The molecule has 4 nitrogen and oxygen atoms in total. The molecule has 4 heteroatoms. The van der Waals surface area contributed by atoms with Crippen LogP contribution in [0, 0.1) is 17.8 Å². The van der Waals surface area contributed by atoms with Crippen molar-refractivity contribution in [3.8, 4) is 0 Å². The summed E-state index contributed by atoms with van der Waals surface area (Å²) in [7, 11) is 0. The third-order valence-corrected chi connectivity index (χ3v) is 6.82. The van der Waals surface area contributed by atoms with Crippen LogP contribution in [0.1, 0.15) is 16.7 Å². The van der Waals surface area contributed by atoms with Crippen LogP contribution in [0.3, 0.4) is 0 Å². The number of carbonyl (C=O) groups excluding carboxylic acids is 1. The zero-order valence-electron chi connectivity index (χ0n) is 15.6. The van der Waals surface area contributed by atoms with Crippen molar-refractivity contribution in [3.05, 3.63) is 71.3 Å². The van der Waals surface area contributed by atoms with Crippen molar-refractivity contribution in [2.75, 3.05) is 19.6 Å². The number of carbonyl (C=O) groups is 1. The molecule has 0 aromatic heterocycles. The highest BCUT2D eigenvalue weighted by atomic mass is 16.1. The lowest BCUT2D eigenvalue weighted by Crippen LogP contribution is -2.49. The minimum Gasteiger partial charge on any atom is -0.368 e. The van der Waals surface area contributed by atoms with E-state index in [-0.39, 0.29) is 11.9 Å². The van der Waals surface area contributed by atoms with E-state index in [9.17, 15) is 4.79 Å². The Balaban J connectivity index is 1.21. The predicted molar refractivity (Wildman–Crippen MR) is 106 cm³/mol. The third kappa shape index (κ3) is 3.28. The van der Waals surface area contributed by atoms with E-state index < -0.39 is 0 Å². The molecule has 5 rings (SSSR count). The number of benzene rings is 2. The molecule has 0 spiro atoms. The molecule has 2 aromatic carbocycles. The van der Waals surface area contributed by atoms with E-state index in [1.54, 1.807) is 0 Å². The summed E-state index contributed by atoms with van der Waals surface area (Å²) in [6.07, 6.45) is 0.758. The summed E-state index contributed by atoms with van der Waals surface area (Å²) in [5, 5.41) is 0. The number of hydrogen-bond acceptors (Lipinski definition) is 3. The smallest absolute Gasteiger partial charge is 0.235 e. The van der Waals surface area contributed by atoms with E-state index >= 15 is 0 Å². The number of amides is 1. The van der Waals surface area contributed by atoms with Crippen LogP contribution < -0.4 is 5.73 Å². The fourth-order valence-electron chi connectivity index (χ4n) is 5.30. The van der Waals surface area contributed by atoms with Crippen LogP contribution in [-0.4, -0.2) is 41.4 Å². The maximum atomic E-state index is 12.1. The minimum absolute atomic E-state index is 0.151. The number of rotatable bonds is 5. The Morgan fingerprint density at radius 2 is 1.63 bits per heavy atom. The number of piperidine rings is 1. The Labute approximate surface area is 161 Å². The van der Waals surface area contributed by atoms with Gasteiger partial charge in [0.2, 0.25) is 5.91 Å². The largest absolute Gasteiger partial charge is 0.368 e. The first-order chi connectivity index (χ1) is 13.2. The van der Waals surface area contributed by atoms with Gasteiger partial charge < -0.3 is 5.73 Å². The molecular formula is C23H27N3O. The summed E-state index contributed by atoms with van der Waals surface area (Å²) in [6, 6.07) is 19.1. The molecule has 2 aromatic rings. The molecule has 2 aliphatic heterocycles. The molecule has 3 unspecified atom stereocenters. The monoisotopic (exact) mass is 361 g/mol. The lowest BCUT2D eigenvalue weighted by Gasteiger charge is -2.35. The van der Waals surface area contributed by atoms with Gasteiger partial charge in [0, 0.05) is 32.7 Å².